The third kappa shape index (κ3) is 4.73. The lowest BCUT2D eigenvalue weighted by Gasteiger charge is -2.34. The van der Waals surface area contributed by atoms with Crippen molar-refractivity contribution in [1.82, 2.24) is 4.90 Å². The van der Waals surface area contributed by atoms with E-state index in [1.165, 1.54) is 4.90 Å². The maximum atomic E-state index is 12.7. The van der Waals surface area contributed by atoms with Crippen LogP contribution >= 0.6 is 0 Å². The third-order valence-corrected chi connectivity index (χ3v) is 4.10. The first-order valence-corrected chi connectivity index (χ1v) is 8.49. The van der Waals surface area contributed by atoms with Gasteiger partial charge in [-0.25, -0.2) is 9.59 Å². The number of benzene rings is 1. The summed E-state index contributed by atoms with van der Waals surface area (Å²) in [5.74, 6) is -0.560. The van der Waals surface area contributed by atoms with Gasteiger partial charge in [0.25, 0.3) is 0 Å². The second-order valence-electron chi connectivity index (χ2n) is 6.37. The van der Waals surface area contributed by atoms with Crippen molar-refractivity contribution in [2.45, 2.75) is 45.2 Å². The fourth-order valence-electron chi connectivity index (χ4n) is 2.84. The smallest absolute Gasteiger partial charge is 0.412 e. The Balaban J connectivity index is 2.15. The summed E-state index contributed by atoms with van der Waals surface area (Å²) in [5.41, 5.74) is 0.0113. The molecule has 0 N–H and O–H groups in total. The van der Waals surface area contributed by atoms with Crippen LogP contribution in [0, 0.1) is 0 Å². The monoisotopic (exact) mass is 359 g/mol. The third-order valence-electron chi connectivity index (χ3n) is 4.10. The molecule has 0 saturated carbocycles. The van der Waals surface area contributed by atoms with E-state index in [-0.39, 0.29) is 13.2 Å². The normalized spacial score (nSPS) is 20.0. The molecule has 26 heavy (non-hydrogen) atoms. The molecule has 0 radical (unpaired) electrons. The second-order valence-corrected chi connectivity index (χ2v) is 6.37. The summed E-state index contributed by atoms with van der Waals surface area (Å²) in [7, 11) is 0. The maximum Gasteiger partial charge on any atom is 0.412 e. The van der Waals surface area contributed by atoms with Crippen LogP contribution in [-0.2, 0) is 25.6 Å². The number of esters is 1. The molecule has 6 heteroatoms. The molecule has 0 unspecified atom stereocenters. The van der Waals surface area contributed by atoms with Gasteiger partial charge in [-0.3, -0.25) is 4.90 Å². The Labute approximate surface area is 154 Å². The van der Waals surface area contributed by atoms with Crippen LogP contribution in [-0.4, -0.2) is 41.4 Å². The zero-order valence-electron chi connectivity index (χ0n) is 15.4. The van der Waals surface area contributed by atoms with E-state index in [1.54, 1.807) is 26.0 Å². The minimum atomic E-state index is -0.876. The molecule has 1 heterocycles. The molecule has 1 fully saturated rings. The van der Waals surface area contributed by atoms with Gasteiger partial charge in [-0.1, -0.05) is 43.0 Å². The van der Waals surface area contributed by atoms with Crippen molar-refractivity contribution in [3.05, 3.63) is 60.7 Å². The van der Waals surface area contributed by atoms with Crippen molar-refractivity contribution in [2.75, 3.05) is 6.61 Å². The molecule has 0 aromatic heterocycles. The van der Waals surface area contributed by atoms with Gasteiger partial charge < -0.3 is 14.2 Å². The summed E-state index contributed by atoms with van der Waals surface area (Å²) < 4.78 is 16.6. The Bertz CT molecular complexity index is 668. The van der Waals surface area contributed by atoms with Crippen molar-refractivity contribution >= 4 is 12.1 Å². The van der Waals surface area contributed by atoms with Gasteiger partial charge in [-0.05, 0) is 32.4 Å². The van der Waals surface area contributed by atoms with Crippen LogP contribution in [0.4, 0.5) is 4.79 Å². The minimum Gasteiger partial charge on any atom is -0.453 e. The topological polar surface area (TPSA) is 65.1 Å². The second kappa shape index (κ2) is 8.67. The highest BCUT2D eigenvalue weighted by atomic mass is 16.6. The molecular formula is C20H25NO5. The van der Waals surface area contributed by atoms with Gasteiger partial charge in [0.05, 0.1) is 6.61 Å². The van der Waals surface area contributed by atoms with E-state index in [2.05, 4.69) is 6.58 Å². The van der Waals surface area contributed by atoms with Gasteiger partial charge in [-0.15, -0.1) is 0 Å². The summed E-state index contributed by atoms with van der Waals surface area (Å²) >= 11 is 0. The molecule has 1 saturated heterocycles. The number of rotatable bonds is 6. The van der Waals surface area contributed by atoms with E-state index in [4.69, 9.17) is 14.2 Å². The first-order valence-electron chi connectivity index (χ1n) is 8.49. The Morgan fingerprint density at radius 1 is 1.38 bits per heavy atom. The first kappa shape index (κ1) is 19.7. The van der Waals surface area contributed by atoms with Gasteiger partial charge in [0.1, 0.15) is 24.5 Å². The summed E-state index contributed by atoms with van der Waals surface area (Å²) in [6, 6.07) is 8.93. The largest absolute Gasteiger partial charge is 0.453 e. The number of amides is 1. The van der Waals surface area contributed by atoms with Crippen molar-refractivity contribution in [2.24, 2.45) is 0 Å². The van der Waals surface area contributed by atoms with Crippen LogP contribution in [0.3, 0.4) is 0 Å². The molecule has 1 aromatic rings. The molecule has 1 aliphatic heterocycles. The standard InChI is InChI=1S/C20H25NO5/c1-5-10-17(26-18(22)6-2)16-14-25-20(3,4)21(16)19(23)24-13-15-11-8-7-9-12-15/h5-12,16-17H,2,13-14H2,1,3-4H3/b10-5+/t16-,17+/m1/s1. The molecule has 0 aliphatic carbocycles. The zero-order chi connectivity index (χ0) is 19.2. The highest BCUT2D eigenvalue weighted by Gasteiger charge is 2.48. The average Bonchev–Trinajstić information content (AvgIpc) is 2.95. The van der Waals surface area contributed by atoms with Crippen molar-refractivity contribution in [3.63, 3.8) is 0 Å². The number of hydrogen-bond donors (Lipinski definition) is 0. The molecular weight excluding hydrogens is 334 g/mol. The predicted octanol–water partition coefficient (Wildman–Crippen LogP) is 3.43. The van der Waals surface area contributed by atoms with E-state index < -0.39 is 29.9 Å². The number of hydrogen-bond acceptors (Lipinski definition) is 5. The van der Waals surface area contributed by atoms with Crippen LogP contribution in [0.5, 0.6) is 0 Å². The summed E-state index contributed by atoms with van der Waals surface area (Å²) in [4.78, 5) is 25.9. The van der Waals surface area contributed by atoms with Crippen molar-refractivity contribution in [1.29, 1.82) is 0 Å². The average molecular weight is 359 g/mol. The minimum absolute atomic E-state index is 0.152. The Morgan fingerprint density at radius 3 is 2.69 bits per heavy atom. The van der Waals surface area contributed by atoms with E-state index >= 15 is 0 Å². The molecule has 2 rings (SSSR count). The van der Waals surface area contributed by atoms with E-state index in [0.717, 1.165) is 11.6 Å². The predicted molar refractivity (Wildman–Crippen MR) is 97.2 cm³/mol. The van der Waals surface area contributed by atoms with E-state index in [1.807, 2.05) is 37.3 Å². The van der Waals surface area contributed by atoms with Crippen LogP contribution in [0.15, 0.2) is 55.1 Å². The number of carbonyl (C=O) groups excluding carboxylic acids is 2. The van der Waals surface area contributed by atoms with Crippen LogP contribution < -0.4 is 0 Å². The summed E-state index contributed by atoms with van der Waals surface area (Å²) in [5, 5.41) is 0. The van der Waals surface area contributed by atoms with Gasteiger partial charge in [-0.2, -0.15) is 0 Å². The number of carbonyl (C=O) groups is 2. The van der Waals surface area contributed by atoms with E-state index in [9.17, 15) is 9.59 Å². The van der Waals surface area contributed by atoms with Gasteiger partial charge in [0.15, 0.2) is 0 Å². The molecule has 2 atom stereocenters. The SMILES string of the molecule is C=CC(=O)O[C@@H](/C=C/C)[C@H]1COC(C)(C)N1C(=O)OCc1ccccc1. The fraction of sp³-hybridized carbons (Fsp3) is 0.400. The van der Waals surface area contributed by atoms with Gasteiger partial charge in [0, 0.05) is 6.08 Å². The van der Waals surface area contributed by atoms with Crippen LogP contribution in [0.1, 0.15) is 26.3 Å². The fourth-order valence-corrected chi connectivity index (χ4v) is 2.84. The van der Waals surface area contributed by atoms with Crippen LogP contribution in [0.25, 0.3) is 0 Å². The van der Waals surface area contributed by atoms with Crippen molar-refractivity contribution < 1.29 is 23.8 Å². The highest BCUT2D eigenvalue weighted by molar-refractivity contribution is 5.81. The molecule has 1 aromatic carbocycles. The molecule has 1 amide bonds. The van der Waals surface area contributed by atoms with Gasteiger partial charge >= 0.3 is 12.1 Å². The number of ether oxygens (including phenoxy) is 3. The highest BCUT2D eigenvalue weighted by Crippen LogP contribution is 2.31. The number of allylic oxidation sites excluding steroid dienone is 1. The molecule has 1 aliphatic rings. The lowest BCUT2D eigenvalue weighted by atomic mass is 10.1. The number of nitrogens with zero attached hydrogens (tertiary/aromatic N) is 1. The molecule has 0 bridgehead atoms. The zero-order valence-corrected chi connectivity index (χ0v) is 15.4. The van der Waals surface area contributed by atoms with Gasteiger partial charge in [0.2, 0.25) is 0 Å². The quantitative estimate of drug-likeness (QED) is 0.442. The van der Waals surface area contributed by atoms with E-state index in [0.29, 0.717) is 0 Å². The Morgan fingerprint density at radius 2 is 2.08 bits per heavy atom. The molecule has 6 nitrogen and oxygen atoms in total. The molecule has 0 spiro atoms. The summed E-state index contributed by atoms with van der Waals surface area (Å²) in [6.07, 6.45) is 3.39. The first-order chi connectivity index (χ1) is 12.4. The Kier molecular flexibility index (Phi) is 6.58. The van der Waals surface area contributed by atoms with Crippen LogP contribution in [0.2, 0.25) is 0 Å². The maximum absolute atomic E-state index is 12.7. The van der Waals surface area contributed by atoms with Crippen molar-refractivity contribution in [3.8, 4) is 0 Å². The Hall–Kier alpha value is -2.60. The molecule has 140 valence electrons. The summed E-state index contributed by atoms with van der Waals surface area (Å²) in [6.45, 7) is 9.16. The lowest BCUT2D eigenvalue weighted by molar-refractivity contribution is -0.143. The lowest BCUT2D eigenvalue weighted by Crippen LogP contribution is -2.52.